The van der Waals surface area contributed by atoms with Crippen molar-refractivity contribution >= 4 is 0 Å². The Kier molecular flexibility index (Phi) is 13.1. The van der Waals surface area contributed by atoms with Crippen LogP contribution in [0.2, 0.25) is 0 Å². The maximum absolute atomic E-state index is 4.77. The summed E-state index contributed by atoms with van der Waals surface area (Å²) in [6, 6.07) is 0. The van der Waals surface area contributed by atoms with Crippen LogP contribution in [0.1, 0.15) is 142 Å². The van der Waals surface area contributed by atoms with Crippen molar-refractivity contribution in [1.29, 1.82) is 0 Å². The van der Waals surface area contributed by atoms with Crippen LogP contribution in [-0.2, 0) is 0 Å². The highest BCUT2D eigenvalue weighted by molar-refractivity contribution is 5.10. The predicted octanol–water partition coefficient (Wildman–Crippen LogP) is 11.2. The molecule has 0 aromatic heterocycles. The second kappa shape index (κ2) is 16.1. The molecule has 3 saturated carbocycles. The molecule has 0 nitrogen and oxygen atoms in total. The Balaban J connectivity index is 1.36. The van der Waals surface area contributed by atoms with E-state index in [1.54, 1.807) is 5.57 Å². The van der Waals surface area contributed by atoms with Gasteiger partial charge in [0, 0.05) is 0 Å². The van der Waals surface area contributed by atoms with Crippen molar-refractivity contribution in [1.82, 2.24) is 0 Å². The zero-order chi connectivity index (χ0) is 24.0. The van der Waals surface area contributed by atoms with Gasteiger partial charge in [0.2, 0.25) is 0 Å². The van der Waals surface area contributed by atoms with E-state index in [2.05, 4.69) is 38.2 Å². The van der Waals surface area contributed by atoms with E-state index in [0.717, 1.165) is 35.5 Å². The van der Waals surface area contributed by atoms with Gasteiger partial charge in [-0.2, -0.15) is 0 Å². The molecule has 3 rings (SSSR count). The van der Waals surface area contributed by atoms with Crippen LogP contribution in [0.25, 0.3) is 0 Å². The molecule has 0 spiro atoms. The Morgan fingerprint density at radius 2 is 1.41 bits per heavy atom. The zero-order valence-electron chi connectivity index (χ0n) is 23.1. The summed E-state index contributed by atoms with van der Waals surface area (Å²) in [6.07, 6.45) is 38.3. The third kappa shape index (κ3) is 9.35. The lowest BCUT2D eigenvalue weighted by Gasteiger charge is -2.38. The summed E-state index contributed by atoms with van der Waals surface area (Å²) in [5.41, 5.74) is 1.68. The van der Waals surface area contributed by atoms with E-state index in [0.29, 0.717) is 0 Å². The Hall–Kier alpha value is -0.780. The van der Waals surface area contributed by atoms with Gasteiger partial charge in [-0.3, -0.25) is 0 Å². The van der Waals surface area contributed by atoms with Gasteiger partial charge in [0.05, 0.1) is 0 Å². The van der Waals surface area contributed by atoms with Gasteiger partial charge in [-0.25, -0.2) is 0 Å². The zero-order valence-corrected chi connectivity index (χ0v) is 23.1. The van der Waals surface area contributed by atoms with Gasteiger partial charge in [0.25, 0.3) is 0 Å². The average Bonchev–Trinajstić information content (AvgIpc) is 2.88. The fourth-order valence-corrected chi connectivity index (χ4v) is 7.62. The predicted molar refractivity (Wildman–Crippen MR) is 152 cm³/mol. The number of hydrogen-bond donors (Lipinski definition) is 0. The normalized spacial score (nSPS) is 33.0. The summed E-state index contributed by atoms with van der Waals surface area (Å²) in [5.74, 6) is 5.45. The number of unbranched alkanes of at least 4 members (excludes halogenated alkanes) is 2. The van der Waals surface area contributed by atoms with E-state index in [-0.39, 0.29) is 0 Å². The highest BCUT2D eigenvalue weighted by Crippen LogP contribution is 2.44. The van der Waals surface area contributed by atoms with E-state index >= 15 is 0 Å². The molecule has 2 unspecified atom stereocenters. The first kappa shape index (κ1) is 27.8. The van der Waals surface area contributed by atoms with Gasteiger partial charge in [-0.15, -0.1) is 0 Å². The lowest BCUT2D eigenvalue weighted by atomic mass is 9.67. The molecule has 3 aliphatic carbocycles. The summed E-state index contributed by atoms with van der Waals surface area (Å²) in [6.45, 7) is 9.24. The van der Waals surface area contributed by atoms with Crippen molar-refractivity contribution in [3.05, 3.63) is 36.5 Å². The summed E-state index contributed by atoms with van der Waals surface area (Å²) in [5, 5.41) is 0. The highest BCUT2D eigenvalue weighted by Gasteiger charge is 2.32. The van der Waals surface area contributed by atoms with Gasteiger partial charge in [-0.1, -0.05) is 81.9 Å². The summed E-state index contributed by atoms with van der Waals surface area (Å²) in [4.78, 5) is 0. The van der Waals surface area contributed by atoms with Crippen LogP contribution in [0.3, 0.4) is 0 Å². The first-order valence-corrected chi connectivity index (χ1v) is 15.7. The van der Waals surface area contributed by atoms with E-state index in [1.165, 1.54) is 128 Å². The molecule has 0 N–H and O–H groups in total. The molecule has 3 aliphatic rings. The van der Waals surface area contributed by atoms with Gasteiger partial charge in [-0.05, 0) is 132 Å². The van der Waals surface area contributed by atoms with Crippen LogP contribution in [-0.4, -0.2) is 0 Å². The van der Waals surface area contributed by atoms with Gasteiger partial charge in [0.15, 0.2) is 0 Å². The third-order valence-electron chi connectivity index (χ3n) is 9.95. The molecule has 3 fully saturated rings. The van der Waals surface area contributed by atoms with Crippen LogP contribution in [0.15, 0.2) is 36.5 Å². The van der Waals surface area contributed by atoms with E-state index < -0.39 is 0 Å². The molecule has 0 aliphatic heterocycles. The molecule has 0 amide bonds. The van der Waals surface area contributed by atoms with E-state index in [1.807, 2.05) is 0 Å². The topological polar surface area (TPSA) is 0 Å². The van der Waals surface area contributed by atoms with Crippen LogP contribution in [0.4, 0.5) is 0 Å². The van der Waals surface area contributed by atoms with Gasteiger partial charge < -0.3 is 0 Å². The SMILES string of the molecule is C=C(C1CCC(CCCCC)CC1)C1CCCCC1CC/C=C/C1CCC(CC/C=C/C)CC1. The molecule has 34 heavy (non-hydrogen) atoms. The minimum atomic E-state index is 0.830. The van der Waals surface area contributed by atoms with Gasteiger partial charge >= 0.3 is 0 Å². The number of rotatable bonds is 13. The van der Waals surface area contributed by atoms with Crippen molar-refractivity contribution in [2.24, 2.45) is 35.5 Å². The molecule has 0 saturated heterocycles. The van der Waals surface area contributed by atoms with Crippen molar-refractivity contribution in [2.45, 2.75) is 142 Å². The lowest BCUT2D eigenvalue weighted by Crippen LogP contribution is -2.26. The molecule has 2 atom stereocenters. The molecule has 0 bridgehead atoms. The van der Waals surface area contributed by atoms with Crippen LogP contribution < -0.4 is 0 Å². The van der Waals surface area contributed by atoms with Crippen molar-refractivity contribution in [3.63, 3.8) is 0 Å². The molecular weight excluding hydrogens is 408 g/mol. The second-order valence-electron chi connectivity index (χ2n) is 12.4. The number of allylic oxidation sites excluding steroid dienone is 5. The maximum atomic E-state index is 4.77. The summed E-state index contributed by atoms with van der Waals surface area (Å²) >= 11 is 0. The van der Waals surface area contributed by atoms with E-state index in [9.17, 15) is 0 Å². The smallest absolute Gasteiger partial charge is 0.0175 e. The number of hydrogen-bond acceptors (Lipinski definition) is 0. The van der Waals surface area contributed by atoms with Crippen LogP contribution >= 0.6 is 0 Å². The quantitative estimate of drug-likeness (QED) is 0.187. The Morgan fingerprint density at radius 1 is 0.735 bits per heavy atom. The lowest BCUT2D eigenvalue weighted by molar-refractivity contribution is 0.215. The Bertz CT molecular complexity index is 594. The molecule has 0 aromatic rings. The van der Waals surface area contributed by atoms with Gasteiger partial charge in [0.1, 0.15) is 0 Å². The molecule has 194 valence electrons. The first-order valence-electron chi connectivity index (χ1n) is 15.7. The van der Waals surface area contributed by atoms with E-state index in [4.69, 9.17) is 6.58 Å². The standard InChI is InChI=1S/C34H58/c1-4-6-8-14-29-20-22-30(23-21-29)16-10-11-17-33-18-12-13-19-34(33)28(3)32-26-24-31(25-27-32)15-9-7-5-2/h4,6,10,16,29-34H,3,5,7-9,11-15,17-27H2,1-2H3/b6-4+,16-10+. The minimum absolute atomic E-state index is 0.830. The average molecular weight is 467 g/mol. The fourth-order valence-electron chi connectivity index (χ4n) is 7.62. The molecule has 0 heterocycles. The molecular formula is C34H58. The monoisotopic (exact) mass is 466 g/mol. The van der Waals surface area contributed by atoms with Crippen LogP contribution in [0, 0.1) is 35.5 Å². The minimum Gasteiger partial charge on any atom is -0.0993 e. The summed E-state index contributed by atoms with van der Waals surface area (Å²) in [7, 11) is 0. The summed E-state index contributed by atoms with van der Waals surface area (Å²) < 4.78 is 0. The maximum Gasteiger partial charge on any atom is -0.0175 e. The third-order valence-corrected chi connectivity index (χ3v) is 9.95. The molecule has 0 radical (unpaired) electrons. The van der Waals surface area contributed by atoms with Crippen molar-refractivity contribution in [2.75, 3.05) is 0 Å². The molecule has 0 aromatic carbocycles. The fraction of sp³-hybridized carbons (Fsp3) is 0.824. The van der Waals surface area contributed by atoms with Crippen LogP contribution in [0.5, 0.6) is 0 Å². The highest BCUT2D eigenvalue weighted by atomic mass is 14.4. The Labute approximate surface area is 214 Å². The first-order chi connectivity index (χ1) is 16.7. The Morgan fingerprint density at radius 3 is 2.15 bits per heavy atom. The molecule has 0 heteroatoms. The van der Waals surface area contributed by atoms with Crippen molar-refractivity contribution in [3.8, 4) is 0 Å². The largest absolute Gasteiger partial charge is 0.0993 e. The second-order valence-corrected chi connectivity index (χ2v) is 12.4. The van der Waals surface area contributed by atoms with Crippen molar-refractivity contribution < 1.29 is 0 Å².